The molecular weight excluding hydrogens is 458 g/mol. The summed E-state index contributed by atoms with van der Waals surface area (Å²) >= 11 is 0. The lowest BCUT2D eigenvalue weighted by Crippen LogP contribution is -2.41. The molecule has 2 aromatic rings. The maximum Gasteiger partial charge on any atom is 0.413 e. The Morgan fingerprint density at radius 3 is 2.44 bits per heavy atom. The van der Waals surface area contributed by atoms with Crippen LogP contribution >= 0.6 is 0 Å². The lowest BCUT2D eigenvalue weighted by molar-refractivity contribution is -0.169. The fourth-order valence-corrected chi connectivity index (χ4v) is 4.06. The minimum atomic E-state index is -0.831. The van der Waals surface area contributed by atoms with Crippen molar-refractivity contribution in [3.05, 3.63) is 42.1 Å². The van der Waals surface area contributed by atoms with Gasteiger partial charge in [0, 0.05) is 19.3 Å². The third-order valence-electron chi connectivity index (χ3n) is 6.14. The smallest absolute Gasteiger partial charge is 0.413 e. The van der Waals surface area contributed by atoms with Gasteiger partial charge in [-0.25, -0.2) is 9.78 Å². The van der Waals surface area contributed by atoms with Crippen LogP contribution in [0.2, 0.25) is 0 Å². The second-order valence-electron chi connectivity index (χ2n) is 10.9. The molecule has 0 saturated heterocycles. The number of nitrogens with two attached hydrogens (primary N) is 1. The molecule has 1 saturated carbocycles. The number of carbonyl (C=O) groups excluding carboxylic acids is 2. The van der Waals surface area contributed by atoms with Crippen molar-refractivity contribution in [3.63, 3.8) is 0 Å². The first-order valence-corrected chi connectivity index (χ1v) is 12.5. The molecule has 196 valence electrons. The lowest BCUT2D eigenvalue weighted by atomic mass is 9.82. The molecule has 1 fully saturated rings. The number of benzene rings is 1. The normalized spacial score (nSPS) is 16.0. The van der Waals surface area contributed by atoms with E-state index in [1.54, 1.807) is 12.3 Å². The fraction of sp³-hybridized carbons (Fsp3) is 0.536. The van der Waals surface area contributed by atoms with E-state index in [0.717, 1.165) is 35.3 Å². The molecule has 0 unspecified atom stereocenters. The molecule has 1 aliphatic rings. The minimum absolute atomic E-state index is 0.147. The second-order valence-corrected chi connectivity index (χ2v) is 10.9. The zero-order valence-electron chi connectivity index (χ0n) is 22.2. The van der Waals surface area contributed by atoms with Gasteiger partial charge in [0.05, 0.1) is 5.41 Å². The van der Waals surface area contributed by atoms with Crippen LogP contribution in [0.15, 0.2) is 36.5 Å². The quantitative estimate of drug-likeness (QED) is 0.441. The van der Waals surface area contributed by atoms with Crippen molar-refractivity contribution < 1.29 is 23.8 Å². The van der Waals surface area contributed by atoms with Crippen molar-refractivity contribution in [3.8, 4) is 22.8 Å². The van der Waals surface area contributed by atoms with E-state index in [-0.39, 0.29) is 24.4 Å². The Labute approximate surface area is 213 Å². The number of aromatic nitrogens is 1. The van der Waals surface area contributed by atoms with Gasteiger partial charge >= 0.3 is 12.1 Å². The standard InChI is InChI=1S/C28H39N3O5/c1-18(16-29)15-28(5,25(32)36-27(2,3)4)17-34-23-10-9-20(13-22(23)19-7-8-19)21-11-12-31-24(14-21)35-26(33)30-6/h9-14,18-19H,7-8,15-17,29H2,1-6H3,(H,30,33)/t18-,28-/m0/s1. The molecule has 3 rings (SSSR count). The highest BCUT2D eigenvalue weighted by Crippen LogP contribution is 2.46. The Kier molecular flexibility index (Phi) is 8.61. The molecule has 36 heavy (non-hydrogen) atoms. The molecule has 2 atom stereocenters. The Bertz CT molecular complexity index is 1080. The van der Waals surface area contributed by atoms with E-state index in [0.29, 0.717) is 18.9 Å². The summed E-state index contributed by atoms with van der Waals surface area (Å²) in [7, 11) is 1.50. The first-order chi connectivity index (χ1) is 16.9. The monoisotopic (exact) mass is 497 g/mol. The summed E-state index contributed by atoms with van der Waals surface area (Å²) in [6.07, 6.45) is 3.79. The fourth-order valence-electron chi connectivity index (χ4n) is 4.06. The van der Waals surface area contributed by atoms with Crippen LogP contribution in [0.25, 0.3) is 11.1 Å². The molecule has 1 amide bonds. The number of rotatable bonds is 10. The topological polar surface area (TPSA) is 113 Å². The van der Waals surface area contributed by atoms with Crippen molar-refractivity contribution in [2.75, 3.05) is 20.2 Å². The van der Waals surface area contributed by atoms with Gasteiger partial charge in [-0.1, -0.05) is 13.0 Å². The Balaban J connectivity index is 1.84. The van der Waals surface area contributed by atoms with E-state index in [1.165, 1.54) is 7.05 Å². The molecule has 0 spiro atoms. The SMILES string of the molecule is CNC(=O)Oc1cc(-c2ccc(OC[C@](C)(C[C@H](C)CN)C(=O)OC(C)(C)C)c(C3CC3)c2)ccn1. The van der Waals surface area contributed by atoms with Gasteiger partial charge in [-0.3, -0.25) is 4.79 Å². The van der Waals surface area contributed by atoms with Gasteiger partial charge in [0.1, 0.15) is 18.0 Å². The van der Waals surface area contributed by atoms with Crippen LogP contribution in [0.4, 0.5) is 4.79 Å². The highest BCUT2D eigenvalue weighted by Gasteiger charge is 2.40. The van der Waals surface area contributed by atoms with Gasteiger partial charge in [-0.15, -0.1) is 0 Å². The average molecular weight is 498 g/mol. The Morgan fingerprint density at radius 2 is 1.83 bits per heavy atom. The number of hydrogen-bond acceptors (Lipinski definition) is 7. The molecule has 8 heteroatoms. The first kappa shape index (κ1) is 27.5. The van der Waals surface area contributed by atoms with Crippen LogP contribution in [-0.4, -0.2) is 42.8 Å². The van der Waals surface area contributed by atoms with E-state index < -0.39 is 17.1 Å². The van der Waals surface area contributed by atoms with Crippen LogP contribution in [-0.2, 0) is 9.53 Å². The van der Waals surface area contributed by atoms with E-state index in [2.05, 4.69) is 16.4 Å². The van der Waals surface area contributed by atoms with Crippen LogP contribution in [0, 0.1) is 11.3 Å². The van der Waals surface area contributed by atoms with E-state index in [9.17, 15) is 9.59 Å². The molecule has 8 nitrogen and oxygen atoms in total. The van der Waals surface area contributed by atoms with Crippen molar-refractivity contribution in [1.82, 2.24) is 10.3 Å². The predicted molar refractivity (Wildman–Crippen MR) is 139 cm³/mol. The highest BCUT2D eigenvalue weighted by atomic mass is 16.6. The molecular formula is C28H39N3O5. The zero-order chi connectivity index (χ0) is 26.5. The first-order valence-electron chi connectivity index (χ1n) is 12.5. The molecule has 1 aliphatic carbocycles. The average Bonchev–Trinajstić information content (AvgIpc) is 3.67. The van der Waals surface area contributed by atoms with Gasteiger partial charge in [0.2, 0.25) is 5.88 Å². The van der Waals surface area contributed by atoms with Gasteiger partial charge in [-0.2, -0.15) is 0 Å². The summed E-state index contributed by atoms with van der Waals surface area (Å²) in [6.45, 7) is 10.2. The van der Waals surface area contributed by atoms with Crippen molar-refractivity contribution >= 4 is 12.1 Å². The van der Waals surface area contributed by atoms with Crippen LogP contribution in [0.3, 0.4) is 0 Å². The van der Waals surface area contributed by atoms with Crippen LogP contribution < -0.4 is 20.5 Å². The summed E-state index contributed by atoms with van der Waals surface area (Å²) in [5.41, 5.74) is 7.42. The van der Waals surface area contributed by atoms with Crippen molar-refractivity contribution in [1.29, 1.82) is 0 Å². The van der Waals surface area contributed by atoms with Crippen LogP contribution in [0.1, 0.15) is 65.4 Å². The summed E-state index contributed by atoms with van der Waals surface area (Å²) < 4.78 is 17.3. The Hall–Kier alpha value is -3.13. The second kappa shape index (κ2) is 11.3. The molecule has 1 aromatic carbocycles. The molecule has 3 N–H and O–H groups in total. The van der Waals surface area contributed by atoms with Gasteiger partial charge < -0.3 is 25.3 Å². The Morgan fingerprint density at radius 1 is 1.14 bits per heavy atom. The highest BCUT2D eigenvalue weighted by molar-refractivity contribution is 5.77. The summed E-state index contributed by atoms with van der Waals surface area (Å²) in [5.74, 6) is 1.28. The molecule has 0 radical (unpaired) electrons. The van der Waals surface area contributed by atoms with E-state index >= 15 is 0 Å². The number of nitrogens with one attached hydrogen (secondary N) is 1. The van der Waals surface area contributed by atoms with Crippen molar-refractivity contribution in [2.45, 2.75) is 65.4 Å². The number of amides is 1. The minimum Gasteiger partial charge on any atom is -0.492 e. The number of hydrogen-bond donors (Lipinski definition) is 2. The number of pyridine rings is 1. The molecule has 0 bridgehead atoms. The predicted octanol–water partition coefficient (Wildman–Crippen LogP) is 5.06. The summed E-state index contributed by atoms with van der Waals surface area (Å²) in [4.78, 5) is 28.8. The van der Waals surface area contributed by atoms with E-state index in [4.69, 9.17) is 19.9 Å². The number of esters is 1. The van der Waals surface area contributed by atoms with Crippen molar-refractivity contribution in [2.24, 2.45) is 17.1 Å². The largest absolute Gasteiger partial charge is 0.492 e. The zero-order valence-corrected chi connectivity index (χ0v) is 22.2. The van der Waals surface area contributed by atoms with Crippen LogP contribution in [0.5, 0.6) is 11.6 Å². The lowest BCUT2D eigenvalue weighted by Gasteiger charge is -2.33. The van der Waals surface area contributed by atoms with Gasteiger partial charge in [0.15, 0.2) is 0 Å². The number of ether oxygens (including phenoxy) is 3. The summed E-state index contributed by atoms with van der Waals surface area (Å²) in [5, 5.41) is 2.42. The maximum atomic E-state index is 13.2. The molecule has 0 aliphatic heterocycles. The third-order valence-corrected chi connectivity index (χ3v) is 6.14. The number of carbonyl (C=O) groups is 2. The third kappa shape index (κ3) is 7.43. The molecule has 1 aromatic heterocycles. The van der Waals surface area contributed by atoms with Gasteiger partial charge in [-0.05, 0) is 100 Å². The maximum absolute atomic E-state index is 13.2. The van der Waals surface area contributed by atoms with E-state index in [1.807, 2.05) is 52.8 Å². The number of nitrogens with zero attached hydrogens (tertiary/aromatic N) is 1. The molecule has 1 heterocycles. The summed E-state index contributed by atoms with van der Waals surface area (Å²) in [6, 6.07) is 9.63. The van der Waals surface area contributed by atoms with Gasteiger partial charge in [0.25, 0.3) is 0 Å².